The molecule has 2 aromatic rings. The molecule has 2 amide bonds. The maximum absolute atomic E-state index is 11.9. The van der Waals surface area contributed by atoms with Crippen LogP contribution in [-0.4, -0.2) is 31.9 Å². The molecule has 2 rings (SSSR count). The first-order valence-electron chi connectivity index (χ1n) is 6.63. The Labute approximate surface area is 132 Å². The van der Waals surface area contributed by atoms with Crippen molar-refractivity contribution in [2.24, 2.45) is 0 Å². The second-order valence-corrected chi connectivity index (χ2v) is 5.39. The van der Waals surface area contributed by atoms with E-state index >= 15 is 0 Å². The number of carbonyl (C=O) groups excluding carboxylic acids is 1. The van der Waals surface area contributed by atoms with E-state index in [0.717, 1.165) is 4.88 Å². The Kier molecular flexibility index (Phi) is 5.62. The number of urea groups is 1. The third-order valence-corrected chi connectivity index (χ3v) is 3.95. The van der Waals surface area contributed by atoms with Crippen LogP contribution in [0.5, 0.6) is 11.5 Å². The molecule has 0 aliphatic heterocycles. The minimum Gasteiger partial charge on any atom is -0.493 e. The number of anilines is 1. The summed E-state index contributed by atoms with van der Waals surface area (Å²) in [4.78, 5) is 12.7. The first-order valence-corrected chi connectivity index (χ1v) is 7.51. The van der Waals surface area contributed by atoms with Gasteiger partial charge in [-0.05, 0) is 23.6 Å². The third kappa shape index (κ3) is 3.90. The van der Waals surface area contributed by atoms with Crippen LogP contribution < -0.4 is 20.1 Å². The second-order valence-electron chi connectivity index (χ2n) is 4.41. The topological polar surface area (TPSA) is 79.8 Å². The Bertz CT molecular complexity index is 616. The number of nitrogens with one attached hydrogen (secondary N) is 2. The number of rotatable bonds is 6. The molecule has 0 aliphatic carbocycles. The van der Waals surface area contributed by atoms with Crippen LogP contribution in [-0.2, 0) is 0 Å². The molecule has 0 radical (unpaired) electrons. The third-order valence-electron chi connectivity index (χ3n) is 2.98. The van der Waals surface area contributed by atoms with Crippen molar-refractivity contribution >= 4 is 23.1 Å². The van der Waals surface area contributed by atoms with Gasteiger partial charge in [0.05, 0.1) is 26.5 Å². The van der Waals surface area contributed by atoms with E-state index in [9.17, 15) is 9.90 Å². The Morgan fingerprint density at radius 3 is 2.73 bits per heavy atom. The molecule has 0 spiro atoms. The van der Waals surface area contributed by atoms with E-state index < -0.39 is 12.1 Å². The Morgan fingerprint density at radius 2 is 2.09 bits per heavy atom. The Balaban J connectivity index is 1.95. The van der Waals surface area contributed by atoms with Gasteiger partial charge in [-0.3, -0.25) is 0 Å². The monoisotopic (exact) mass is 322 g/mol. The fourth-order valence-corrected chi connectivity index (χ4v) is 2.63. The van der Waals surface area contributed by atoms with Crippen LogP contribution >= 0.6 is 11.3 Å². The summed E-state index contributed by atoms with van der Waals surface area (Å²) in [6.07, 6.45) is -0.724. The highest BCUT2D eigenvalue weighted by Crippen LogP contribution is 2.34. The summed E-state index contributed by atoms with van der Waals surface area (Å²) >= 11 is 1.44. The number of carbonyl (C=O) groups is 1. The van der Waals surface area contributed by atoms with Crippen molar-refractivity contribution in [2.45, 2.75) is 6.10 Å². The summed E-state index contributed by atoms with van der Waals surface area (Å²) in [5.41, 5.74) is 0.491. The van der Waals surface area contributed by atoms with E-state index in [1.807, 2.05) is 17.5 Å². The van der Waals surface area contributed by atoms with Gasteiger partial charge in [0.2, 0.25) is 0 Å². The fraction of sp³-hybridized carbons (Fsp3) is 0.267. The number of hydrogen-bond donors (Lipinski definition) is 3. The van der Waals surface area contributed by atoms with Gasteiger partial charge in [-0.15, -0.1) is 11.3 Å². The quantitative estimate of drug-likeness (QED) is 0.764. The molecule has 1 unspecified atom stereocenters. The zero-order valence-corrected chi connectivity index (χ0v) is 13.1. The number of ether oxygens (including phenoxy) is 2. The highest BCUT2D eigenvalue weighted by atomic mass is 32.1. The van der Waals surface area contributed by atoms with Crippen LogP contribution in [0.15, 0.2) is 35.7 Å². The lowest BCUT2D eigenvalue weighted by molar-refractivity contribution is 0.178. The van der Waals surface area contributed by atoms with Gasteiger partial charge in [-0.2, -0.15) is 0 Å². The summed E-state index contributed by atoms with van der Waals surface area (Å²) in [6.45, 7) is 0.124. The second kappa shape index (κ2) is 7.67. The maximum Gasteiger partial charge on any atom is 0.319 e. The van der Waals surface area contributed by atoms with E-state index in [1.165, 1.54) is 25.6 Å². The summed E-state index contributed by atoms with van der Waals surface area (Å²) in [7, 11) is 3.03. The van der Waals surface area contributed by atoms with E-state index in [1.54, 1.807) is 18.2 Å². The van der Waals surface area contributed by atoms with Crippen molar-refractivity contribution in [3.05, 3.63) is 40.6 Å². The number of para-hydroxylation sites is 1. The number of amides is 2. The number of hydrogen-bond acceptors (Lipinski definition) is 5. The van der Waals surface area contributed by atoms with Crippen LogP contribution in [0.4, 0.5) is 10.5 Å². The molecular formula is C15H18N2O4S. The van der Waals surface area contributed by atoms with Gasteiger partial charge >= 0.3 is 6.03 Å². The summed E-state index contributed by atoms with van der Waals surface area (Å²) < 4.78 is 10.4. The van der Waals surface area contributed by atoms with E-state index in [2.05, 4.69) is 10.6 Å². The molecule has 0 aliphatic rings. The normalized spacial score (nSPS) is 11.6. The van der Waals surface area contributed by atoms with E-state index in [-0.39, 0.29) is 6.54 Å². The van der Waals surface area contributed by atoms with Gasteiger partial charge < -0.3 is 25.2 Å². The van der Waals surface area contributed by atoms with Gasteiger partial charge in [0.25, 0.3) is 0 Å². The maximum atomic E-state index is 11.9. The van der Waals surface area contributed by atoms with Crippen LogP contribution in [0.1, 0.15) is 11.0 Å². The molecule has 1 aromatic heterocycles. The van der Waals surface area contributed by atoms with Crippen molar-refractivity contribution < 1.29 is 19.4 Å². The molecule has 0 fully saturated rings. The Hall–Kier alpha value is -2.25. The number of methoxy groups -OCH3 is 2. The first-order chi connectivity index (χ1) is 10.7. The minimum absolute atomic E-state index is 0.124. The number of aliphatic hydroxyl groups is 1. The van der Waals surface area contributed by atoms with Crippen LogP contribution in [0.3, 0.4) is 0 Å². The molecule has 0 bridgehead atoms. The summed E-state index contributed by atoms with van der Waals surface area (Å²) in [6, 6.07) is 8.43. The molecule has 1 heterocycles. The van der Waals surface area contributed by atoms with Crippen molar-refractivity contribution in [3.8, 4) is 11.5 Å². The zero-order valence-electron chi connectivity index (χ0n) is 12.3. The summed E-state index contributed by atoms with van der Waals surface area (Å²) in [5, 5.41) is 17.1. The molecular weight excluding hydrogens is 304 g/mol. The minimum atomic E-state index is -0.724. The lowest BCUT2D eigenvalue weighted by Crippen LogP contribution is -2.32. The van der Waals surface area contributed by atoms with Crippen molar-refractivity contribution in [2.75, 3.05) is 26.1 Å². The van der Waals surface area contributed by atoms with E-state index in [4.69, 9.17) is 9.47 Å². The van der Waals surface area contributed by atoms with Crippen LogP contribution in [0, 0.1) is 0 Å². The standard InChI is InChI=1S/C15H18N2O4S/c1-20-12-6-3-5-10(14(12)21-2)17-15(19)16-9-11(18)13-7-4-8-22-13/h3-8,11,18H,9H2,1-2H3,(H2,16,17,19). The van der Waals surface area contributed by atoms with Gasteiger partial charge in [-0.25, -0.2) is 4.79 Å². The average molecular weight is 322 g/mol. The van der Waals surface area contributed by atoms with Gasteiger partial charge in [0, 0.05) is 4.88 Å². The Morgan fingerprint density at radius 1 is 1.27 bits per heavy atom. The first kappa shape index (κ1) is 16.1. The molecule has 1 aromatic carbocycles. The lowest BCUT2D eigenvalue weighted by atomic mass is 10.2. The highest BCUT2D eigenvalue weighted by molar-refractivity contribution is 7.10. The van der Waals surface area contributed by atoms with Crippen LogP contribution in [0.25, 0.3) is 0 Å². The summed E-state index contributed by atoms with van der Waals surface area (Å²) in [5.74, 6) is 0.970. The SMILES string of the molecule is COc1cccc(NC(=O)NCC(O)c2cccs2)c1OC. The molecule has 1 atom stereocenters. The highest BCUT2D eigenvalue weighted by Gasteiger charge is 2.14. The molecule has 118 valence electrons. The molecule has 6 nitrogen and oxygen atoms in total. The van der Waals surface area contributed by atoms with Crippen LogP contribution in [0.2, 0.25) is 0 Å². The lowest BCUT2D eigenvalue weighted by Gasteiger charge is -2.15. The van der Waals surface area contributed by atoms with Crippen molar-refractivity contribution in [1.29, 1.82) is 0 Å². The largest absolute Gasteiger partial charge is 0.493 e. The van der Waals surface area contributed by atoms with Gasteiger partial charge in [0.1, 0.15) is 6.10 Å². The number of thiophene rings is 1. The predicted molar refractivity (Wildman–Crippen MR) is 85.8 cm³/mol. The number of benzene rings is 1. The number of aliphatic hydroxyl groups excluding tert-OH is 1. The average Bonchev–Trinajstić information content (AvgIpc) is 3.06. The molecule has 22 heavy (non-hydrogen) atoms. The predicted octanol–water partition coefficient (Wildman–Crippen LogP) is 2.62. The fourth-order valence-electron chi connectivity index (χ4n) is 1.92. The zero-order chi connectivity index (χ0) is 15.9. The van der Waals surface area contributed by atoms with Crippen molar-refractivity contribution in [1.82, 2.24) is 5.32 Å². The van der Waals surface area contributed by atoms with E-state index in [0.29, 0.717) is 17.2 Å². The molecule has 3 N–H and O–H groups in total. The molecule has 0 saturated carbocycles. The molecule has 0 saturated heterocycles. The van der Waals surface area contributed by atoms with Gasteiger partial charge in [-0.1, -0.05) is 12.1 Å². The molecule has 7 heteroatoms. The van der Waals surface area contributed by atoms with Crippen molar-refractivity contribution in [3.63, 3.8) is 0 Å². The smallest absolute Gasteiger partial charge is 0.319 e. The van der Waals surface area contributed by atoms with Gasteiger partial charge in [0.15, 0.2) is 11.5 Å².